The van der Waals surface area contributed by atoms with Crippen molar-refractivity contribution in [2.24, 2.45) is 0 Å². The Balaban J connectivity index is 2.17. The first-order valence-corrected chi connectivity index (χ1v) is 7.72. The number of methoxy groups -OCH3 is 1. The molecule has 0 aliphatic heterocycles. The second-order valence-corrected chi connectivity index (χ2v) is 5.17. The first-order valence-electron chi connectivity index (χ1n) is 7.72. The van der Waals surface area contributed by atoms with Crippen LogP contribution in [-0.4, -0.2) is 30.5 Å². The molecule has 0 fully saturated rings. The summed E-state index contributed by atoms with van der Waals surface area (Å²) in [5, 5.41) is 10.9. The van der Waals surface area contributed by atoms with Crippen molar-refractivity contribution < 1.29 is 23.9 Å². The van der Waals surface area contributed by atoms with E-state index in [-0.39, 0.29) is 17.2 Å². The maximum atomic E-state index is 12.5. The number of nitro groups is 1. The van der Waals surface area contributed by atoms with Crippen LogP contribution in [0.15, 0.2) is 42.5 Å². The van der Waals surface area contributed by atoms with Crippen molar-refractivity contribution in [3.8, 4) is 17.2 Å². The van der Waals surface area contributed by atoms with Gasteiger partial charge in [-0.1, -0.05) is 0 Å². The van der Waals surface area contributed by atoms with Crippen LogP contribution in [0.1, 0.15) is 24.2 Å². The number of nitro benzene ring substituents is 1. The SMILES string of the molecule is CCOc1ccc(C(=O)[C@H](C)Oc2cc([N+](=O)[O-])ccc2OC)cc1. The van der Waals surface area contributed by atoms with Crippen LogP contribution in [0.3, 0.4) is 0 Å². The van der Waals surface area contributed by atoms with E-state index in [0.717, 1.165) is 0 Å². The predicted octanol–water partition coefficient (Wildman–Crippen LogP) is 3.65. The Morgan fingerprint density at radius 3 is 2.40 bits per heavy atom. The molecule has 0 saturated carbocycles. The van der Waals surface area contributed by atoms with E-state index in [1.165, 1.54) is 25.3 Å². The highest BCUT2D eigenvalue weighted by molar-refractivity contribution is 5.99. The predicted molar refractivity (Wildman–Crippen MR) is 91.7 cm³/mol. The molecule has 7 heteroatoms. The average Bonchev–Trinajstić information content (AvgIpc) is 2.61. The molecule has 0 amide bonds. The molecule has 0 aliphatic rings. The fourth-order valence-electron chi connectivity index (χ4n) is 2.23. The normalized spacial score (nSPS) is 11.5. The first-order chi connectivity index (χ1) is 12.0. The van der Waals surface area contributed by atoms with Crippen LogP contribution >= 0.6 is 0 Å². The Bertz CT molecular complexity index is 757. The van der Waals surface area contributed by atoms with E-state index in [2.05, 4.69) is 0 Å². The topological polar surface area (TPSA) is 87.9 Å². The molecule has 0 heterocycles. The van der Waals surface area contributed by atoms with Crippen molar-refractivity contribution in [2.75, 3.05) is 13.7 Å². The summed E-state index contributed by atoms with van der Waals surface area (Å²) in [7, 11) is 1.42. The maximum absolute atomic E-state index is 12.5. The number of Topliss-reactive ketones (excluding diaryl/α,β-unsaturated/α-hetero) is 1. The van der Waals surface area contributed by atoms with Gasteiger partial charge < -0.3 is 14.2 Å². The van der Waals surface area contributed by atoms with Gasteiger partial charge >= 0.3 is 0 Å². The monoisotopic (exact) mass is 345 g/mol. The molecular weight excluding hydrogens is 326 g/mol. The zero-order chi connectivity index (χ0) is 18.4. The number of rotatable bonds is 8. The number of non-ortho nitro benzene ring substituents is 1. The molecular formula is C18H19NO6. The van der Waals surface area contributed by atoms with Crippen molar-refractivity contribution in [2.45, 2.75) is 20.0 Å². The maximum Gasteiger partial charge on any atom is 0.273 e. The quantitative estimate of drug-likeness (QED) is 0.412. The number of nitrogens with zero attached hydrogens (tertiary/aromatic N) is 1. The van der Waals surface area contributed by atoms with Gasteiger partial charge in [0.25, 0.3) is 5.69 Å². The largest absolute Gasteiger partial charge is 0.494 e. The highest BCUT2D eigenvalue weighted by Gasteiger charge is 2.20. The molecule has 0 unspecified atom stereocenters. The smallest absolute Gasteiger partial charge is 0.273 e. The van der Waals surface area contributed by atoms with Crippen molar-refractivity contribution >= 4 is 11.5 Å². The lowest BCUT2D eigenvalue weighted by Crippen LogP contribution is -2.24. The molecule has 0 aliphatic carbocycles. The number of carbonyl (C=O) groups is 1. The van der Waals surface area contributed by atoms with Crippen LogP contribution < -0.4 is 14.2 Å². The summed E-state index contributed by atoms with van der Waals surface area (Å²) < 4.78 is 16.1. The van der Waals surface area contributed by atoms with Gasteiger partial charge in [0.15, 0.2) is 17.6 Å². The molecule has 25 heavy (non-hydrogen) atoms. The van der Waals surface area contributed by atoms with Gasteiger partial charge in [0, 0.05) is 11.6 Å². The van der Waals surface area contributed by atoms with Crippen LogP contribution in [0.25, 0.3) is 0 Å². The molecule has 0 spiro atoms. The Kier molecular flexibility index (Phi) is 5.94. The summed E-state index contributed by atoms with van der Waals surface area (Å²) in [5.74, 6) is 0.880. The number of ketones is 1. The first kappa shape index (κ1) is 18.3. The van der Waals surface area contributed by atoms with Gasteiger partial charge in [-0.2, -0.15) is 0 Å². The Hall–Kier alpha value is -3.09. The summed E-state index contributed by atoms with van der Waals surface area (Å²) in [6.45, 7) is 4.00. The van der Waals surface area contributed by atoms with Gasteiger partial charge in [-0.05, 0) is 44.2 Å². The molecule has 2 aromatic rings. The molecule has 2 rings (SSSR count). The summed E-state index contributed by atoms with van der Waals surface area (Å²) in [6.07, 6.45) is -0.839. The second-order valence-electron chi connectivity index (χ2n) is 5.17. The highest BCUT2D eigenvalue weighted by atomic mass is 16.6. The van der Waals surface area contributed by atoms with Crippen LogP contribution in [-0.2, 0) is 0 Å². The Morgan fingerprint density at radius 2 is 1.84 bits per heavy atom. The molecule has 132 valence electrons. The Morgan fingerprint density at radius 1 is 1.16 bits per heavy atom. The lowest BCUT2D eigenvalue weighted by Gasteiger charge is -2.16. The molecule has 0 radical (unpaired) electrons. The van der Waals surface area contributed by atoms with Crippen LogP contribution in [0.5, 0.6) is 17.2 Å². The highest BCUT2D eigenvalue weighted by Crippen LogP contribution is 2.32. The van der Waals surface area contributed by atoms with Crippen molar-refractivity contribution in [1.82, 2.24) is 0 Å². The minimum Gasteiger partial charge on any atom is -0.494 e. The molecule has 0 N–H and O–H groups in total. The average molecular weight is 345 g/mol. The minimum absolute atomic E-state index is 0.142. The van der Waals surface area contributed by atoms with E-state index >= 15 is 0 Å². The van der Waals surface area contributed by atoms with Crippen molar-refractivity contribution in [3.05, 3.63) is 58.1 Å². The summed E-state index contributed by atoms with van der Waals surface area (Å²) in [4.78, 5) is 22.9. The van der Waals surface area contributed by atoms with Gasteiger partial charge in [-0.25, -0.2) is 0 Å². The molecule has 0 saturated heterocycles. The third-order valence-corrected chi connectivity index (χ3v) is 3.48. The van der Waals surface area contributed by atoms with Gasteiger partial charge in [0.1, 0.15) is 5.75 Å². The third kappa shape index (κ3) is 4.47. The summed E-state index contributed by atoms with van der Waals surface area (Å²) in [6, 6.07) is 10.7. The summed E-state index contributed by atoms with van der Waals surface area (Å²) >= 11 is 0. The van der Waals surface area contributed by atoms with Crippen LogP contribution in [0.2, 0.25) is 0 Å². The van der Waals surface area contributed by atoms with Gasteiger partial charge in [0.2, 0.25) is 5.78 Å². The van der Waals surface area contributed by atoms with E-state index < -0.39 is 11.0 Å². The molecule has 0 bridgehead atoms. The van der Waals surface area contributed by atoms with Gasteiger partial charge in [0.05, 0.1) is 24.7 Å². The van der Waals surface area contributed by atoms with Gasteiger partial charge in [-0.15, -0.1) is 0 Å². The Labute approximate surface area is 145 Å². The second kappa shape index (κ2) is 8.14. The van der Waals surface area contributed by atoms with Crippen LogP contribution in [0.4, 0.5) is 5.69 Å². The fourth-order valence-corrected chi connectivity index (χ4v) is 2.23. The lowest BCUT2D eigenvalue weighted by molar-refractivity contribution is -0.385. The van der Waals surface area contributed by atoms with E-state index in [1.54, 1.807) is 31.2 Å². The standard InChI is InChI=1S/C18H19NO6/c1-4-24-15-8-5-13(6-9-15)18(20)12(2)25-17-11-14(19(21)22)7-10-16(17)23-3/h5-12H,4H2,1-3H3/t12-/m0/s1. The molecule has 1 atom stereocenters. The van der Waals surface area contributed by atoms with Crippen LogP contribution in [0, 0.1) is 10.1 Å². The fraction of sp³-hybridized carbons (Fsp3) is 0.278. The zero-order valence-electron chi connectivity index (χ0n) is 14.2. The third-order valence-electron chi connectivity index (χ3n) is 3.48. The number of hydrogen-bond donors (Lipinski definition) is 0. The number of ether oxygens (including phenoxy) is 3. The molecule has 2 aromatic carbocycles. The number of carbonyl (C=O) groups excluding carboxylic acids is 1. The number of benzene rings is 2. The van der Waals surface area contributed by atoms with E-state index in [0.29, 0.717) is 23.7 Å². The minimum atomic E-state index is -0.839. The molecule has 7 nitrogen and oxygen atoms in total. The molecule has 0 aromatic heterocycles. The van der Waals surface area contributed by atoms with Gasteiger partial charge in [-0.3, -0.25) is 14.9 Å². The van der Waals surface area contributed by atoms with Crippen molar-refractivity contribution in [1.29, 1.82) is 0 Å². The number of hydrogen-bond acceptors (Lipinski definition) is 6. The van der Waals surface area contributed by atoms with Crippen molar-refractivity contribution in [3.63, 3.8) is 0 Å². The van der Waals surface area contributed by atoms with E-state index in [1.807, 2.05) is 6.92 Å². The zero-order valence-corrected chi connectivity index (χ0v) is 14.2. The lowest BCUT2D eigenvalue weighted by atomic mass is 10.1. The summed E-state index contributed by atoms with van der Waals surface area (Å²) in [5.41, 5.74) is 0.317. The van der Waals surface area contributed by atoms with E-state index in [4.69, 9.17) is 14.2 Å². The van der Waals surface area contributed by atoms with E-state index in [9.17, 15) is 14.9 Å².